The SMILES string of the molecule is Cc1cc(C)c(C)c(Oc2ncc(C(=O)O)cc2C)c1. The summed E-state index contributed by atoms with van der Waals surface area (Å²) in [6, 6.07) is 5.60. The zero-order valence-corrected chi connectivity index (χ0v) is 12.0. The van der Waals surface area contributed by atoms with Crippen molar-refractivity contribution < 1.29 is 14.6 Å². The van der Waals surface area contributed by atoms with Gasteiger partial charge in [0.05, 0.1) is 5.56 Å². The van der Waals surface area contributed by atoms with Crippen molar-refractivity contribution in [2.75, 3.05) is 0 Å². The number of carbonyl (C=O) groups is 1. The smallest absolute Gasteiger partial charge is 0.337 e. The molecule has 0 bridgehead atoms. The van der Waals surface area contributed by atoms with Crippen LogP contribution < -0.4 is 4.74 Å². The molecule has 0 spiro atoms. The fourth-order valence-corrected chi connectivity index (χ4v) is 2.00. The van der Waals surface area contributed by atoms with Gasteiger partial charge in [0.1, 0.15) is 5.75 Å². The van der Waals surface area contributed by atoms with Crippen molar-refractivity contribution in [2.24, 2.45) is 0 Å². The van der Waals surface area contributed by atoms with Crippen LogP contribution in [-0.2, 0) is 0 Å². The Kier molecular flexibility index (Phi) is 3.74. The molecule has 2 rings (SSSR count). The lowest BCUT2D eigenvalue weighted by Crippen LogP contribution is -2.00. The summed E-state index contributed by atoms with van der Waals surface area (Å²) in [5.41, 5.74) is 4.18. The van der Waals surface area contributed by atoms with Crippen LogP contribution >= 0.6 is 0 Å². The Bertz CT molecular complexity index is 678. The monoisotopic (exact) mass is 271 g/mol. The summed E-state index contributed by atoms with van der Waals surface area (Å²) in [5.74, 6) is 0.194. The summed E-state index contributed by atoms with van der Waals surface area (Å²) in [6.07, 6.45) is 1.31. The summed E-state index contributed by atoms with van der Waals surface area (Å²) < 4.78 is 5.83. The average Bonchev–Trinajstić information content (AvgIpc) is 2.37. The van der Waals surface area contributed by atoms with Crippen LogP contribution in [-0.4, -0.2) is 16.1 Å². The van der Waals surface area contributed by atoms with Crippen molar-refractivity contribution in [1.29, 1.82) is 0 Å². The number of carboxylic acid groups (broad SMARTS) is 1. The first kappa shape index (κ1) is 14.1. The molecule has 4 heteroatoms. The van der Waals surface area contributed by atoms with Gasteiger partial charge in [0.15, 0.2) is 0 Å². The lowest BCUT2D eigenvalue weighted by Gasteiger charge is -2.13. The molecule has 104 valence electrons. The Morgan fingerprint density at radius 2 is 1.80 bits per heavy atom. The maximum absolute atomic E-state index is 10.9. The van der Waals surface area contributed by atoms with Crippen molar-refractivity contribution in [3.05, 3.63) is 52.2 Å². The van der Waals surface area contributed by atoms with Gasteiger partial charge in [0.2, 0.25) is 5.88 Å². The number of carboxylic acids is 1. The van der Waals surface area contributed by atoms with Crippen LogP contribution in [0.5, 0.6) is 11.6 Å². The second kappa shape index (κ2) is 5.33. The van der Waals surface area contributed by atoms with Crippen molar-refractivity contribution in [3.8, 4) is 11.6 Å². The molecule has 4 nitrogen and oxygen atoms in total. The third kappa shape index (κ3) is 2.79. The molecular weight excluding hydrogens is 254 g/mol. The summed E-state index contributed by atoms with van der Waals surface area (Å²) in [7, 11) is 0. The van der Waals surface area contributed by atoms with Crippen LogP contribution in [0.1, 0.15) is 32.6 Å². The normalized spacial score (nSPS) is 10.4. The summed E-state index contributed by atoms with van der Waals surface area (Å²) in [4.78, 5) is 15.0. The highest BCUT2D eigenvalue weighted by Gasteiger charge is 2.11. The number of hydrogen-bond acceptors (Lipinski definition) is 3. The topological polar surface area (TPSA) is 59.4 Å². The van der Waals surface area contributed by atoms with Crippen molar-refractivity contribution in [3.63, 3.8) is 0 Å². The minimum Gasteiger partial charge on any atom is -0.478 e. The third-order valence-electron chi connectivity index (χ3n) is 3.25. The maximum Gasteiger partial charge on any atom is 0.337 e. The van der Waals surface area contributed by atoms with E-state index in [1.165, 1.54) is 6.20 Å². The molecule has 0 amide bonds. The van der Waals surface area contributed by atoms with E-state index in [2.05, 4.69) is 11.1 Å². The number of aromatic nitrogens is 1. The fraction of sp³-hybridized carbons (Fsp3) is 0.250. The highest BCUT2D eigenvalue weighted by Crippen LogP contribution is 2.29. The largest absolute Gasteiger partial charge is 0.478 e. The van der Waals surface area contributed by atoms with E-state index < -0.39 is 5.97 Å². The van der Waals surface area contributed by atoms with Gasteiger partial charge in [-0.1, -0.05) is 6.07 Å². The standard InChI is InChI=1S/C16H17NO3/c1-9-5-10(2)12(4)14(6-9)20-15-11(3)7-13(8-17-15)16(18)19/h5-8H,1-4H3,(H,18,19). The summed E-state index contributed by atoms with van der Waals surface area (Å²) in [6.45, 7) is 7.81. The Morgan fingerprint density at radius 1 is 1.10 bits per heavy atom. The van der Waals surface area contributed by atoms with Crippen LogP contribution in [0.25, 0.3) is 0 Å². The molecule has 0 radical (unpaired) electrons. The first-order valence-electron chi connectivity index (χ1n) is 6.34. The highest BCUT2D eigenvalue weighted by molar-refractivity contribution is 5.87. The molecule has 1 aromatic heterocycles. The molecule has 0 fully saturated rings. The Morgan fingerprint density at radius 3 is 2.40 bits per heavy atom. The fourth-order valence-electron chi connectivity index (χ4n) is 2.00. The second-order valence-corrected chi connectivity index (χ2v) is 4.96. The minimum atomic E-state index is -0.991. The lowest BCUT2D eigenvalue weighted by atomic mass is 10.1. The maximum atomic E-state index is 10.9. The first-order chi connectivity index (χ1) is 9.38. The van der Waals surface area contributed by atoms with Crippen LogP contribution in [0.4, 0.5) is 0 Å². The molecule has 0 aliphatic heterocycles. The van der Waals surface area contributed by atoms with Gasteiger partial charge >= 0.3 is 5.97 Å². The number of benzene rings is 1. The van der Waals surface area contributed by atoms with Gasteiger partial charge in [-0.15, -0.1) is 0 Å². The third-order valence-corrected chi connectivity index (χ3v) is 3.25. The molecule has 0 saturated heterocycles. The van der Waals surface area contributed by atoms with Gasteiger partial charge in [0.25, 0.3) is 0 Å². The molecule has 1 N–H and O–H groups in total. The molecule has 1 aromatic carbocycles. The van der Waals surface area contributed by atoms with Crippen LogP contribution in [0, 0.1) is 27.7 Å². The van der Waals surface area contributed by atoms with Crippen LogP contribution in [0.2, 0.25) is 0 Å². The van der Waals surface area contributed by atoms with Gasteiger partial charge in [-0.25, -0.2) is 9.78 Å². The van der Waals surface area contributed by atoms with Crippen molar-refractivity contribution >= 4 is 5.97 Å². The zero-order valence-electron chi connectivity index (χ0n) is 12.0. The second-order valence-electron chi connectivity index (χ2n) is 4.96. The molecular formula is C16H17NO3. The predicted molar refractivity (Wildman–Crippen MR) is 76.7 cm³/mol. The number of aromatic carboxylic acids is 1. The Balaban J connectivity index is 2.38. The summed E-state index contributed by atoms with van der Waals surface area (Å²) in [5, 5.41) is 8.93. The van der Waals surface area contributed by atoms with E-state index in [1.807, 2.05) is 26.8 Å². The number of aryl methyl sites for hydroxylation is 3. The number of hydrogen-bond donors (Lipinski definition) is 1. The average molecular weight is 271 g/mol. The van der Waals surface area contributed by atoms with E-state index in [9.17, 15) is 4.79 Å². The number of nitrogens with zero attached hydrogens (tertiary/aromatic N) is 1. The Hall–Kier alpha value is -2.36. The predicted octanol–water partition coefficient (Wildman–Crippen LogP) is 3.81. The molecule has 1 heterocycles. The summed E-state index contributed by atoms with van der Waals surface area (Å²) >= 11 is 0. The molecule has 0 saturated carbocycles. The van der Waals surface area contributed by atoms with Gasteiger partial charge in [0, 0.05) is 11.8 Å². The molecule has 0 atom stereocenters. The van der Waals surface area contributed by atoms with E-state index >= 15 is 0 Å². The molecule has 0 aliphatic carbocycles. The van der Waals surface area contributed by atoms with Gasteiger partial charge in [-0.05, 0) is 56.5 Å². The van der Waals surface area contributed by atoms with E-state index in [0.717, 1.165) is 22.4 Å². The van der Waals surface area contributed by atoms with E-state index in [1.54, 1.807) is 13.0 Å². The molecule has 0 aliphatic rings. The van der Waals surface area contributed by atoms with Crippen molar-refractivity contribution in [2.45, 2.75) is 27.7 Å². The quantitative estimate of drug-likeness (QED) is 0.922. The first-order valence-corrected chi connectivity index (χ1v) is 6.34. The Labute approximate surface area is 118 Å². The van der Waals surface area contributed by atoms with E-state index in [-0.39, 0.29) is 5.56 Å². The molecule has 0 unspecified atom stereocenters. The lowest BCUT2D eigenvalue weighted by molar-refractivity contribution is 0.0696. The van der Waals surface area contributed by atoms with Crippen LogP contribution in [0.15, 0.2) is 24.4 Å². The van der Waals surface area contributed by atoms with Gasteiger partial charge < -0.3 is 9.84 Å². The molecule has 2 aromatic rings. The number of rotatable bonds is 3. The van der Waals surface area contributed by atoms with Gasteiger partial charge in [-0.3, -0.25) is 0 Å². The number of pyridine rings is 1. The van der Waals surface area contributed by atoms with E-state index in [0.29, 0.717) is 11.4 Å². The minimum absolute atomic E-state index is 0.159. The van der Waals surface area contributed by atoms with Crippen LogP contribution in [0.3, 0.4) is 0 Å². The zero-order chi connectivity index (χ0) is 14.9. The molecule has 20 heavy (non-hydrogen) atoms. The van der Waals surface area contributed by atoms with Gasteiger partial charge in [-0.2, -0.15) is 0 Å². The van der Waals surface area contributed by atoms with Crippen molar-refractivity contribution in [1.82, 2.24) is 4.98 Å². The van der Waals surface area contributed by atoms with E-state index in [4.69, 9.17) is 9.84 Å². The number of ether oxygens (including phenoxy) is 1. The highest BCUT2D eigenvalue weighted by atomic mass is 16.5.